The van der Waals surface area contributed by atoms with Crippen LogP contribution in [0, 0.1) is 0 Å². The van der Waals surface area contributed by atoms with E-state index in [2.05, 4.69) is 0 Å². The minimum absolute atomic E-state index is 0. The molecule has 0 saturated heterocycles. The van der Waals surface area contributed by atoms with E-state index in [0.717, 1.165) is 0 Å². The molecule has 0 fully saturated rings. The zero-order valence-corrected chi connectivity index (χ0v) is 3.87. The molecule has 0 rings (SSSR count). The third kappa shape index (κ3) is 114. The molecule has 5 heavy (non-hydrogen) atoms. The molecule has 25 valence electrons. The number of carbonyl (C=O) groups excluding carboxylic acids is 2. The van der Waals surface area contributed by atoms with Crippen molar-refractivity contribution in [2.75, 3.05) is 0 Å². The van der Waals surface area contributed by atoms with Crippen LogP contribution in [-0.4, -0.2) is 6.15 Å². The number of rotatable bonds is 0. The van der Waals surface area contributed by atoms with Crippen molar-refractivity contribution >= 4 is 6.15 Å². The first kappa shape index (κ1) is 17.8. The molecular formula is CHLiMnO2. The van der Waals surface area contributed by atoms with Crippen LogP contribution in [0.1, 0.15) is 1.43 Å². The molecule has 2 nitrogen and oxygen atoms in total. The maximum Gasteiger partial charge on any atom is 1.00 e. The van der Waals surface area contributed by atoms with E-state index in [1.165, 1.54) is 0 Å². The Morgan fingerprint density at radius 3 is 1.40 bits per heavy atom. The summed E-state index contributed by atoms with van der Waals surface area (Å²) >= 11 is 0. The van der Waals surface area contributed by atoms with E-state index in [-0.39, 0.29) is 43.5 Å². The number of hydrogen-bond donors (Lipinski definition) is 0. The van der Waals surface area contributed by atoms with Gasteiger partial charge in [0.25, 0.3) is 0 Å². The summed E-state index contributed by atoms with van der Waals surface area (Å²) in [6.07, 6.45) is 0.250. The van der Waals surface area contributed by atoms with E-state index in [1.807, 2.05) is 0 Å². The molecule has 0 heterocycles. The van der Waals surface area contributed by atoms with Crippen molar-refractivity contribution in [2.24, 2.45) is 0 Å². The summed E-state index contributed by atoms with van der Waals surface area (Å²) in [4.78, 5) is 16.2. The largest absolute Gasteiger partial charge is 1.00 e. The molecular weight excluding hydrogens is 106 g/mol. The van der Waals surface area contributed by atoms with Crippen LogP contribution in [0.25, 0.3) is 0 Å². The van der Waals surface area contributed by atoms with E-state index in [1.54, 1.807) is 0 Å². The van der Waals surface area contributed by atoms with Crippen LogP contribution >= 0.6 is 0 Å². The predicted molar refractivity (Wildman–Crippen MR) is 6.12 cm³/mol. The van der Waals surface area contributed by atoms with Gasteiger partial charge in [-0.1, -0.05) is 0 Å². The van der Waals surface area contributed by atoms with Gasteiger partial charge in [-0.05, 0) is 0 Å². The van der Waals surface area contributed by atoms with Gasteiger partial charge in [0.1, 0.15) is 0 Å². The monoisotopic (exact) mass is 107 g/mol. The van der Waals surface area contributed by atoms with E-state index < -0.39 is 0 Å². The van der Waals surface area contributed by atoms with E-state index in [4.69, 9.17) is 9.59 Å². The van der Waals surface area contributed by atoms with Gasteiger partial charge in [-0.25, -0.2) is 0 Å². The van der Waals surface area contributed by atoms with Crippen LogP contribution in [0.5, 0.6) is 0 Å². The average molecular weight is 107 g/mol. The smallest absolute Gasteiger partial charge is 1.00 e. The van der Waals surface area contributed by atoms with Gasteiger partial charge in [-0.15, -0.1) is 0 Å². The van der Waals surface area contributed by atoms with Crippen molar-refractivity contribution < 1.29 is 46.9 Å². The molecule has 0 aliphatic rings. The average Bonchev–Trinajstić information content (AvgIpc) is 0.918. The molecule has 0 atom stereocenters. The molecule has 0 aromatic heterocycles. The van der Waals surface area contributed by atoms with Crippen molar-refractivity contribution in [1.29, 1.82) is 0 Å². The van der Waals surface area contributed by atoms with Gasteiger partial charge in [0.2, 0.25) is 0 Å². The fourth-order valence-corrected chi connectivity index (χ4v) is 0. The SMILES string of the molecule is O=C=O.[H-].[Li+].[Mn]. The Kier molecular flexibility index (Phi) is 87.5. The summed E-state index contributed by atoms with van der Waals surface area (Å²) in [5.74, 6) is 0. The second kappa shape index (κ2) is 24.5. The molecule has 0 aliphatic heterocycles. The Hall–Kier alpha value is 0.497. The topological polar surface area (TPSA) is 34.1 Å². The first-order valence-electron chi connectivity index (χ1n) is 0.408. The van der Waals surface area contributed by atoms with Crippen molar-refractivity contribution in [3.05, 3.63) is 0 Å². The van der Waals surface area contributed by atoms with Gasteiger partial charge in [-0.2, -0.15) is 9.59 Å². The molecule has 4 heteroatoms. The summed E-state index contributed by atoms with van der Waals surface area (Å²) in [6.45, 7) is 0. The standard InChI is InChI=1S/CO2.Li.Mn.H/c2-1-3;;;/q;+1;;-1. The van der Waals surface area contributed by atoms with E-state index in [0.29, 0.717) is 0 Å². The van der Waals surface area contributed by atoms with E-state index in [9.17, 15) is 0 Å². The minimum Gasteiger partial charge on any atom is -1.00 e. The predicted octanol–water partition coefficient (Wildman–Crippen LogP) is -3.47. The summed E-state index contributed by atoms with van der Waals surface area (Å²) in [5, 5.41) is 0. The zero-order valence-electron chi connectivity index (χ0n) is 3.69. The van der Waals surface area contributed by atoms with Crippen molar-refractivity contribution in [1.82, 2.24) is 0 Å². The summed E-state index contributed by atoms with van der Waals surface area (Å²) in [7, 11) is 0. The van der Waals surface area contributed by atoms with Gasteiger partial charge < -0.3 is 1.43 Å². The quantitative estimate of drug-likeness (QED) is 0.301. The zero-order chi connectivity index (χ0) is 2.71. The van der Waals surface area contributed by atoms with Crippen LogP contribution in [0.2, 0.25) is 0 Å². The normalized spacial score (nSPS) is 1.60. The molecule has 0 amide bonds. The Bertz CT molecular complexity index is 34.5. The summed E-state index contributed by atoms with van der Waals surface area (Å²) < 4.78 is 0. The molecule has 0 N–H and O–H groups in total. The molecule has 0 saturated carbocycles. The van der Waals surface area contributed by atoms with Crippen LogP contribution in [0.3, 0.4) is 0 Å². The van der Waals surface area contributed by atoms with Gasteiger partial charge in [0.05, 0.1) is 0 Å². The summed E-state index contributed by atoms with van der Waals surface area (Å²) in [6, 6.07) is 0. The van der Waals surface area contributed by atoms with Crippen LogP contribution < -0.4 is 18.9 Å². The van der Waals surface area contributed by atoms with Gasteiger partial charge >= 0.3 is 25.0 Å². The van der Waals surface area contributed by atoms with Crippen LogP contribution in [-0.2, 0) is 26.7 Å². The number of hydrogen-bond acceptors (Lipinski definition) is 2. The molecule has 0 aliphatic carbocycles. The minimum atomic E-state index is 0. The molecule has 0 spiro atoms. The van der Waals surface area contributed by atoms with Crippen molar-refractivity contribution in [2.45, 2.75) is 0 Å². The third-order valence-corrected chi connectivity index (χ3v) is 0. The fourth-order valence-electron chi connectivity index (χ4n) is 0. The molecule has 0 aromatic carbocycles. The van der Waals surface area contributed by atoms with Crippen LogP contribution in [0.4, 0.5) is 0 Å². The molecule has 0 unspecified atom stereocenters. The van der Waals surface area contributed by atoms with Crippen LogP contribution in [0.15, 0.2) is 0 Å². The van der Waals surface area contributed by atoms with Crippen molar-refractivity contribution in [3.63, 3.8) is 0 Å². The molecule has 0 bridgehead atoms. The third-order valence-electron chi connectivity index (χ3n) is 0. The second-order valence-electron chi connectivity index (χ2n) is 0.0833. The Balaban J connectivity index is -0.00000000667. The van der Waals surface area contributed by atoms with Gasteiger partial charge in [0, 0.05) is 17.1 Å². The van der Waals surface area contributed by atoms with E-state index >= 15 is 0 Å². The maximum absolute atomic E-state index is 8.12. The maximum atomic E-state index is 8.12. The summed E-state index contributed by atoms with van der Waals surface area (Å²) in [5.41, 5.74) is 0. The Labute approximate surface area is 53.4 Å². The molecule has 0 aromatic rings. The van der Waals surface area contributed by atoms with Crippen molar-refractivity contribution in [3.8, 4) is 0 Å². The first-order valence-corrected chi connectivity index (χ1v) is 0.408. The Morgan fingerprint density at radius 2 is 1.40 bits per heavy atom. The first-order chi connectivity index (χ1) is 1.41. The molecule has 1 radical (unpaired) electrons. The Morgan fingerprint density at radius 1 is 1.40 bits per heavy atom. The second-order valence-corrected chi connectivity index (χ2v) is 0.0833. The fraction of sp³-hybridized carbons (Fsp3) is 0. The van der Waals surface area contributed by atoms with Gasteiger partial charge in [0.15, 0.2) is 0 Å². The van der Waals surface area contributed by atoms with Gasteiger partial charge in [-0.3, -0.25) is 0 Å².